The normalized spacial score (nSPS) is 16.7. The van der Waals surface area contributed by atoms with Gasteiger partial charge in [0.1, 0.15) is 0 Å². The van der Waals surface area contributed by atoms with Crippen molar-refractivity contribution in [2.24, 2.45) is 0 Å². The van der Waals surface area contributed by atoms with Crippen LogP contribution in [0.1, 0.15) is 21.3 Å². The smallest absolute Gasteiger partial charge is 0.252 e. The molecule has 6 heteroatoms. The Kier molecular flexibility index (Phi) is 6.31. The van der Waals surface area contributed by atoms with Gasteiger partial charge in [0.05, 0.1) is 24.8 Å². The number of amides is 1. The van der Waals surface area contributed by atoms with Crippen molar-refractivity contribution < 1.29 is 9.53 Å². The van der Waals surface area contributed by atoms with E-state index in [4.69, 9.17) is 4.74 Å². The predicted molar refractivity (Wildman–Crippen MR) is 100 cm³/mol. The van der Waals surface area contributed by atoms with Crippen molar-refractivity contribution in [2.45, 2.75) is 10.9 Å². The first-order valence-electron chi connectivity index (χ1n) is 8.06. The van der Waals surface area contributed by atoms with Crippen molar-refractivity contribution in [3.05, 3.63) is 52.2 Å². The second-order valence-electron chi connectivity index (χ2n) is 5.59. The van der Waals surface area contributed by atoms with Crippen LogP contribution in [0.3, 0.4) is 0 Å². The van der Waals surface area contributed by atoms with Crippen molar-refractivity contribution in [1.29, 1.82) is 0 Å². The summed E-state index contributed by atoms with van der Waals surface area (Å²) in [4.78, 5) is 17.3. The number of carbonyl (C=O) groups excluding carboxylic acids is 1. The van der Waals surface area contributed by atoms with Crippen LogP contribution in [0.2, 0.25) is 0 Å². The SMILES string of the molecule is CSc1ccccc1C(=O)NCC(c1cccs1)N1CCOCC1. The molecule has 1 aliphatic rings. The van der Waals surface area contributed by atoms with Crippen LogP contribution in [0.4, 0.5) is 0 Å². The van der Waals surface area contributed by atoms with E-state index in [0.29, 0.717) is 6.54 Å². The molecule has 1 saturated heterocycles. The molecule has 1 aromatic heterocycles. The summed E-state index contributed by atoms with van der Waals surface area (Å²) >= 11 is 3.34. The minimum atomic E-state index is -0.00485. The molecule has 1 atom stereocenters. The molecular formula is C18H22N2O2S2. The molecule has 1 amide bonds. The average Bonchev–Trinajstić information content (AvgIpc) is 3.17. The second kappa shape index (κ2) is 8.67. The van der Waals surface area contributed by atoms with Gasteiger partial charge in [0.15, 0.2) is 0 Å². The maximum Gasteiger partial charge on any atom is 0.252 e. The Labute approximate surface area is 151 Å². The highest BCUT2D eigenvalue weighted by Gasteiger charge is 2.24. The number of hydrogen-bond donors (Lipinski definition) is 1. The first-order chi connectivity index (χ1) is 11.8. The van der Waals surface area contributed by atoms with Gasteiger partial charge in [-0.05, 0) is 29.8 Å². The Morgan fingerprint density at radius 1 is 1.29 bits per heavy atom. The van der Waals surface area contributed by atoms with Gasteiger partial charge in [-0.15, -0.1) is 23.1 Å². The maximum absolute atomic E-state index is 12.6. The maximum atomic E-state index is 12.6. The number of rotatable bonds is 6. The van der Waals surface area contributed by atoms with Crippen LogP contribution >= 0.6 is 23.1 Å². The Hall–Kier alpha value is -1.34. The average molecular weight is 363 g/mol. The van der Waals surface area contributed by atoms with Crippen LogP contribution in [-0.4, -0.2) is 49.9 Å². The van der Waals surface area contributed by atoms with E-state index in [-0.39, 0.29) is 11.9 Å². The molecule has 0 saturated carbocycles. The van der Waals surface area contributed by atoms with Crippen molar-refractivity contribution in [1.82, 2.24) is 10.2 Å². The fourth-order valence-electron chi connectivity index (χ4n) is 2.90. The van der Waals surface area contributed by atoms with Crippen LogP contribution < -0.4 is 5.32 Å². The minimum Gasteiger partial charge on any atom is -0.379 e. The Morgan fingerprint density at radius 2 is 2.08 bits per heavy atom. The van der Waals surface area contributed by atoms with Crippen molar-refractivity contribution in [3.8, 4) is 0 Å². The highest BCUT2D eigenvalue weighted by atomic mass is 32.2. The molecule has 0 radical (unpaired) electrons. The van der Waals surface area contributed by atoms with E-state index in [1.807, 2.05) is 30.5 Å². The van der Waals surface area contributed by atoms with Gasteiger partial charge in [-0.3, -0.25) is 9.69 Å². The highest BCUT2D eigenvalue weighted by molar-refractivity contribution is 7.98. The summed E-state index contributed by atoms with van der Waals surface area (Å²) < 4.78 is 5.46. The molecule has 24 heavy (non-hydrogen) atoms. The van der Waals surface area contributed by atoms with Crippen molar-refractivity contribution >= 4 is 29.0 Å². The van der Waals surface area contributed by atoms with E-state index in [1.165, 1.54) is 4.88 Å². The highest BCUT2D eigenvalue weighted by Crippen LogP contribution is 2.26. The zero-order valence-electron chi connectivity index (χ0n) is 13.7. The first-order valence-corrected chi connectivity index (χ1v) is 10.2. The number of nitrogens with one attached hydrogen (secondary N) is 1. The first kappa shape index (κ1) is 17.5. The molecule has 3 rings (SSSR count). The van der Waals surface area contributed by atoms with Gasteiger partial charge < -0.3 is 10.1 Å². The van der Waals surface area contributed by atoms with Crippen LogP contribution in [-0.2, 0) is 4.74 Å². The fraction of sp³-hybridized carbons (Fsp3) is 0.389. The third-order valence-corrected chi connectivity index (χ3v) is 5.93. The Morgan fingerprint density at radius 3 is 2.79 bits per heavy atom. The Bertz CT molecular complexity index is 655. The van der Waals surface area contributed by atoms with Crippen LogP contribution in [0, 0.1) is 0 Å². The van der Waals surface area contributed by atoms with E-state index < -0.39 is 0 Å². The number of morpholine rings is 1. The van der Waals surface area contributed by atoms with Gasteiger partial charge in [-0.2, -0.15) is 0 Å². The zero-order valence-corrected chi connectivity index (χ0v) is 15.4. The van der Waals surface area contributed by atoms with Gasteiger partial charge in [-0.25, -0.2) is 0 Å². The largest absolute Gasteiger partial charge is 0.379 e. The number of hydrogen-bond acceptors (Lipinski definition) is 5. The van der Waals surface area contributed by atoms with Crippen LogP contribution in [0.15, 0.2) is 46.7 Å². The second-order valence-corrected chi connectivity index (χ2v) is 7.42. The van der Waals surface area contributed by atoms with E-state index in [9.17, 15) is 4.79 Å². The monoisotopic (exact) mass is 362 g/mol. The molecular weight excluding hydrogens is 340 g/mol. The number of thioether (sulfide) groups is 1. The summed E-state index contributed by atoms with van der Waals surface area (Å²) in [6, 6.07) is 12.2. The fourth-order valence-corrected chi connectivity index (χ4v) is 4.35. The zero-order chi connectivity index (χ0) is 16.8. The lowest BCUT2D eigenvalue weighted by Gasteiger charge is -2.34. The van der Waals surface area contributed by atoms with Crippen LogP contribution in [0.5, 0.6) is 0 Å². The van der Waals surface area contributed by atoms with Gasteiger partial charge in [-0.1, -0.05) is 18.2 Å². The number of nitrogens with zero attached hydrogens (tertiary/aromatic N) is 1. The lowest BCUT2D eigenvalue weighted by molar-refractivity contribution is 0.0169. The van der Waals surface area contributed by atoms with Gasteiger partial charge in [0.25, 0.3) is 5.91 Å². The Balaban J connectivity index is 1.70. The molecule has 1 fully saturated rings. The summed E-state index contributed by atoms with van der Waals surface area (Å²) in [5, 5.41) is 5.22. The quantitative estimate of drug-likeness (QED) is 0.801. The third kappa shape index (κ3) is 4.19. The lowest BCUT2D eigenvalue weighted by Crippen LogP contribution is -2.43. The number of carbonyl (C=O) groups is 1. The summed E-state index contributed by atoms with van der Waals surface area (Å²) in [6.07, 6.45) is 1.99. The van der Waals surface area contributed by atoms with E-state index >= 15 is 0 Å². The van der Waals surface area contributed by atoms with Gasteiger partial charge in [0, 0.05) is 29.4 Å². The summed E-state index contributed by atoms with van der Waals surface area (Å²) in [6.45, 7) is 3.93. The number of benzene rings is 1. The predicted octanol–water partition coefficient (Wildman–Crippen LogP) is 3.27. The van der Waals surface area contributed by atoms with E-state index in [2.05, 4.69) is 27.7 Å². The molecule has 4 nitrogen and oxygen atoms in total. The standard InChI is InChI=1S/C18H22N2O2S2/c1-23-16-6-3-2-5-14(16)18(21)19-13-15(17-7-4-12-24-17)20-8-10-22-11-9-20/h2-7,12,15H,8-11,13H2,1H3,(H,19,21). The van der Waals surface area contributed by atoms with E-state index in [0.717, 1.165) is 36.8 Å². The molecule has 1 unspecified atom stereocenters. The molecule has 0 spiro atoms. The van der Waals surface area contributed by atoms with Gasteiger partial charge in [0.2, 0.25) is 0 Å². The van der Waals surface area contributed by atoms with Gasteiger partial charge >= 0.3 is 0 Å². The molecule has 2 aromatic rings. The number of thiophene rings is 1. The number of ether oxygens (including phenoxy) is 1. The van der Waals surface area contributed by atoms with E-state index in [1.54, 1.807) is 23.1 Å². The molecule has 2 heterocycles. The molecule has 0 aliphatic carbocycles. The molecule has 0 bridgehead atoms. The summed E-state index contributed by atoms with van der Waals surface area (Å²) in [5.41, 5.74) is 0.747. The molecule has 1 N–H and O–H groups in total. The summed E-state index contributed by atoms with van der Waals surface area (Å²) in [7, 11) is 0. The molecule has 128 valence electrons. The van der Waals surface area contributed by atoms with Crippen molar-refractivity contribution in [2.75, 3.05) is 39.1 Å². The van der Waals surface area contributed by atoms with Crippen molar-refractivity contribution in [3.63, 3.8) is 0 Å². The van der Waals surface area contributed by atoms with Crippen LogP contribution in [0.25, 0.3) is 0 Å². The lowest BCUT2D eigenvalue weighted by atomic mass is 10.1. The summed E-state index contributed by atoms with van der Waals surface area (Å²) in [5.74, 6) is -0.00485. The molecule has 1 aliphatic heterocycles. The third-order valence-electron chi connectivity index (χ3n) is 4.17. The minimum absolute atomic E-state index is 0.00485. The molecule has 1 aromatic carbocycles. The topological polar surface area (TPSA) is 41.6 Å².